The zero-order valence-corrected chi connectivity index (χ0v) is 13.3. The van der Waals surface area contributed by atoms with E-state index in [-0.39, 0.29) is 24.4 Å². The van der Waals surface area contributed by atoms with Gasteiger partial charge in [0, 0.05) is 23.0 Å². The summed E-state index contributed by atoms with van der Waals surface area (Å²) in [7, 11) is 1.99. The van der Waals surface area contributed by atoms with Crippen LogP contribution in [-0.4, -0.2) is 30.2 Å². The summed E-state index contributed by atoms with van der Waals surface area (Å²) in [4.78, 5) is 3.41. The number of hydrogen-bond acceptors (Lipinski definition) is 3. The Kier molecular flexibility index (Phi) is 5.00. The molecule has 1 fully saturated rings. The zero-order valence-electron chi connectivity index (χ0n) is 12.5. The van der Waals surface area contributed by atoms with Gasteiger partial charge < -0.3 is 5.73 Å². The number of likely N-dealkylation sites (N-methyl/N-ethyl adjacent to an activating group) is 1. The lowest BCUT2D eigenvalue weighted by atomic mass is 9.74. The molecule has 1 aromatic heterocycles. The monoisotopic (exact) mass is 320 g/mol. The predicted molar refractivity (Wildman–Crippen MR) is 80.3 cm³/mol. The molecular formula is C15H23F3N2S. The Bertz CT molecular complexity index is 436. The van der Waals surface area contributed by atoms with Crippen LogP contribution in [0.5, 0.6) is 0 Å². The van der Waals surface area contributed by atoms with E-state index >= 15 is 0 Å². The summed E-state index contributed by atoms with van der Waals surface area (Å²) in [6.07, 6.45) is -2.68. The SMILES string of the molecule is CC(c1cccs1)N(C)C1(CN)CCC(C(F)(F)F)CC1. The normalized spacial score (nSPS) is 28.8. The van der Waals surface area contributed by atoms with Crippen LogP contribution in [0.15, 0.2) is 17.5 Å². The highest BCUT2D eigenvalue weighted by Gasteiger charge is 2.47. The van der Waals surface area contributed by atoms with Crippen molar-refractivity contribution >= 4 is 11.3 Å². The van der Waals surface area contributed by atoms with Gasteiger partial charge in [-0.05, 0) is 51.1 Å². The summed E-state index contributed by atoms with van der Waals surface area (Å²) in [5.41, 5.74) is 5.65. The van der Waals surface area contributed by atoms with E-state index in [0.29, 0.717) is 19.4 Å². The lowest BCUT2D eigenvalue weighted by Crippen LogP contribution is -2.55. The number of halogens is 3. The lowest BCUT2D eigenvalue weighted by molar-refractivity contribution is -0.188. The van der Waals surface area contributed by atoms with Gasteiger partial charge >= 0.3 is 6.18 Å². The maximum Gasteiger partial charge on any atom is 0.391 e. The molecule has 2 rings (SSSR count). The van der Waals surface area contributed by atoms with Crippen molar-refractivity contribution in [2.24, 2.45) is 11.7 Å². The molecule has 0 aromatic carbocycles. The van der Waals surface area contributed by atoms with Crippen molar-refractivity contribution in [3.05, 3.63) is 22.4 Å². The molecule has 0 radical (unpaired) electrons. The molecule has 120 valence electrons. The summed E-state index contributed by atoms with van der Waals surface area (Å²) in [6.45, 7) is 2.50. The summed E-state index contributed by atoms with van der Waals surface area (Å²) in [6, 6.07) is 4.24. The minimum Gasteiger partial charge on any atom is -0.329 e. The van der Waals surface area contributed by atoms with Gasteiger partial charge in [-0.25, -0.2) is 0 Å². The number of nitrogens with two attached hydrogens (primary N) is 1. The van der Waals surface area contributed by atoms with Crippen LogP contribution in [0.4, 0.5) is 13.2 Å². The Balaban J connectivity index is 2.09. The number of hydrogen-bond donors (Lipinski definition) is 1. The van der Waals surface area contributed by atoms with Crippen LogP contribution >= 0.6 is 11.3 Å². The highest BCUT2D eigenvalue weighted by Crippen LogP contribution is 2.44. The maximum atomic E-state index is 12.8. The Morgan fingerprint density at radius 2 is 2.05 bits per heavy atom. The van der Waals surface area contributed by atoms with Gasteiger partial charge in [0.1, 0.15) is 0 Å². The molecule has 0 amide bonds. The lowest BCUT2D eigenvalue weighted by Gasteiger charge is -2.48. The fourth-order valence-electron chi connectivity index (χ4n) is 3.31. The second-order valence-electron chi connectivity index (χ2n) is 6.05. The van der Waals surface area contributed by atoms with Crippen molar-refractivity contribution in [3.8, 4) is 0 Å². The molecule has 1 heterocycles. The predicted octanol–water partition coefficient (Wildman–Crippen LogP) is 4.19. The van der Waals surface area contributed by atoms with Crippen LogP contribution in [-0.2, 0) is 0 Å². The van der Waals surface area contributed by atoms with Crippen molar-refractivity contribution in [1.82, 2.24) is 4.90 Å². The zero-order chi connectivity index (χ0) is 15.7. The van der Waals surface area contributed by atoms with Crippen LogP contribution in [0.2, 0.25) is 0 Å². The first-order valence-electron chi connectivity index (χ1n) is 7.33. The van der Waals surface area contributed by atoms with Gasteiger partial charge in [-0.3, -0.25) is 4.90 Å². The second-order valence-corrected chi connectivity index (χ2v) is 7.03. The summed E-state index contributed by atoms with van der Waals surface area (Å²) in [5, 5.41) is 2.02. The van der Waals surface area contributed by atoms with E-state index in [9.17, 15) is 13.2 Å². The molecule has 2 nitrogen and oxygen atoms in total. The Morgan fingerprint density at radius 1 is 1.43 bits per heavy atom. The van der Waals surface area contributed by atoms with Crippen molar-refractivity contribution in [3.63, 3.8) is 0 Å². The minimum absolute atomic E-state index is 0.177. The van der Waals surface area contributed by atoms with Crippen molar-refractivity contribution < 1.29 is 13.2 Å². The molecule has 1 atom stereocenters. The third-order valence-corrected chi connectivity index (χ3v) is 6.09. The number of alkyl halides is 3. The maximum absolute atomic E-state index is 12.8. The molecule has 6 heteroatoms. The van der Waals surface area contributed by atoms with Crippen molar-refractivity contribution in [2.45, 2.75) is 50.4 Å². The van der Waals surface area contributed by atoms with Gasteiger partial charge in [0.25, 0.3) is 0 Å². The van der Waals surface area contributed by atoms with Crippen LogP contribution in [0.1, 0.15) is 43.5 Å². The average Bonchev–Trinajstić information content (AvgIpc) is 2.99. The Morgan fingerprint density at radius 3 is 2.48 bits per heavy atom. The topological polar surface area (TPSA) is 29.3 Å². The van der Waals surface area contributed by atoms with E-state index in [4.69, 9.17) is 5.73 Å². The van der Waals surface area contributed by atoms with Gasteiger partial charge in [-0.2, -0.15) is 13.2 Å². The summed E-state index contributed by atoms with van der Waals surface area (Å²) >= 11 is 1.67. The molecule has 1 aliphatic carbocycles. The highest BCUT2D eigenvalue weighted by atomic mass is 32.1. The summed E-state index contributed by atoms with van der Waals surface area (Å²) < 4.78 is 38.5. The van der Waals surface area contributed by atoms with Gasteiger partial charge in [0.2, 0.25) is 0 Å². The van der Waals surface area contributed by atoms with Crippen LogP contribution in [0.3, 0.4) is 0 Å². The fraction of sp³-hybridized carbons (Fsp3) is 0.733. The van der Waals surface area contributed by atoms with Crippen molar-refractivity contribution in [1.29, 1.82) is 0 Å². The van der Waals surface area contributed by atoms with Crippen LogP contribution in [0, 0.1) is 5.92 Å². The largest absolute Gasteiger partial charge is 0.391 e. The molecular weight excluding hydrogens is 297 g/mol. The van der Waals surface area contributed by atoms with Gasteiger partial charge in [-0.1, -0.05) is 6.07 Å². The third-order valence-electron chi connectivity index (χ3n) is 5.04. The third kappa shape index (κ3) is 3.43. The first-order chi connectivity index (χ1) is 9.80. The molecule has 0 bridgehead atoms. The van der Waals surface area contributed by atoms with E-state index in [1.54, 1.807) is 11.3 Å². The Labute approximate surface area is 128 Å². The number of thiophene rings is 1. The van der Waals surface area contributed by atoms with Crippen molar-refractivity contribution in [2.75, 3.05) is 13.6 Å². The average molecular weight is 320 g/mol. The smallest absolute Gasteiger partial charge is 0.329 e. The van der Waals surface area contributed by atoms with E-state index in [1.807, 2.05) is 18.5 Å². The molecule has 0 spiro atoms. The molecule has 21 heavy (non-hydrogen) atoms. The van der Waals surface area contributed by atoms with Gasteiger partial charge in [0.15, 0.2) is 0 Å². The summed E-state index contributed by atoms with van der Waals surface area (Å²) in [5.74, 6) is -1.16. The fourth-order valence-corrected chi connectivity index (χ4v) is 4.14. The van der Waals surface area contributed by atoms with E-state index in [2.05, 4.69) is 17.9 Å². The molecule has 0 aliphatic heterocycles. The van der Waals surface area contributed by atoms with Gasteiger partial charge in [0.05, 0.1) is 5.92 Å². The first-order valence-corrected chi connectivity index (χ1v) is 8.21. The highest BCUT2D eigenvalue weighted by molar-refractivity contribution is 7.10. The number of nitrogens with zero attached hydrogens (tertiary/aromatic N) is 1. The van der Waals surface area contributed by atoms with Crippen LogP contribution < -0.4 is 5.73 Å². The second kappa shape index (κ2) is 6.26. The standard InChI is InChI=1S/C15H23F3N2S/c1-11(13-4-3-9-21-13)20(2)14(10-19)7-5-12(6-8-14)15(16,17)18/h3-4,9,11-12H,5-8,10,19H2,1-2H3. The quantitative estimate of drug-likeness (QED) is 0.901. The van der Waals surface area contributed by atoms with E-state index in [0.717, 1.165) is 0 Å². The molecule has 1 unspecified atom stereocenters. The molecule has 2 N–H and O–H groups in total. The number of rotatable bonds is 4. The first kappa shape index (κ1) is 16.8. The molecule has 1 aliphatic rings. The van der Waals surface area contributed by atoms with E-state index in [1.165, 1.54) is 4.88 Å². The Hall–Kier alpha value is -0.590. The van der Waals surface area contributed by atoms with Gasteiger partial charge in [-0.15, -0.1) is 11.3 Å². The van der Waals surface area contributed by atoms with E-state index < -0.39 is 12.1 Å². The molecule has 0 saturated heterocycles. The molecule has 1 saturated carbocycles. The minimum atomic E-state index is -4.07. The van der Waals surface area contributed by atoms with Crippen LogP contribution in [0.25, 0.3) is 0 Å². The molecule has 1 aromatic rings.